The Hall–Kier alpha value is -2.78. The van der Waals surface area contributed by atoms with E-state index in [4.69, 9.17) is 0 Å². The largest absolute Gasteiger partial charge is 0.330 e. The molecule has 0 aliphatic carbocycles. The molecule has 2 amide bonds. The Bertz CT molecular complexity index is 1110. The number of carbonyl (C=O) groups is 2. The standard InChI is InChI=1S/C24H28FN3O4S/c1-2-18-5-9-22(10-6-18)33(31,32)27-13-11-21(12-14-27)28-16-15-26(23(29)24(28)30)17-19-3-7-20(25)8-4-19/h3-10,21H,2,11-17H2,1H3. The predicted octanol–water partition coefficient (Wildman–Crippen LogP) is 2.41. The zero-order chi connectivity index (χ0) is 23.6. The van der Waals surface area contributed by atoms with Crippen molar-refractivity contribution in [3.8, 4) is 0 Å². The minimum absolute atomic E-state index is 0.164. The Balaban J connectivity index is 1.35. The van der Waals surface area contributed by atoms with Crippen molar-refractivity contribution in [1.29, 1.82) is 0 Å². The fourth-order valence-electron chi connectivity index (χ4n) is 4.44. The number of sulfonamides is 1. The Labute approximate surface area is 193 Å². The van der Waals surface area contributed by atoms with Crippen LogP contribution in [0.15, 0.2) is 53.4 Å². The molecule has 0 atom stereocenters. The molecule has 7 nitrogen and oxygen atoms in total. The molecule has 0 unspecified atom stereocenters. The third-order valence-electron chi connectivity index (χ3n) is 6.46. The maximum atomic E-state index is 13.1. The molecule has 9 heteroatoms. The number of nitrogens with zero attached hydrogens (tertiary/aromatic N) is 3. The number of hydrogen-bond donors (Lipinski definition) is 0. The second kappa shape index (κ2) is 9.61. The molecule has 0 spiro atoms. The molecular formula is C24H28FN3O4S. The van der Waals surface area contributed by atoms with Crippen LogP contribution in [0.2, 0.25) is 0 Å². The van der Waals surface area contributed by atoms with E-state index in [1.807, 2.05) is 19.1 Å². The molecule has 2 aromatic rings. The van der Waals surface area contributed by atoms with Crippen LogP contribution in [-0.4, -0.2) is 66.6 Å². The molecule has 2 aromatic carbocycles. The van der Waals surface area contributed by atoms with E-state index in [0.29, 0.717) is 39.0 Å². The van der Waals surface area contributed by atoms with E-state index in [1.54, 1.807) is 29.2 Å². The first-order valence-electron chi connectivity index (χ1n) is 11.2. The van der Waals surface area contributed by atoms with Crippen LogP contribution in [-0.2, 0) is 32.6 Å². The minimum atomic E-state index is -3.58. The van der Waals surface area contributed by atoms with Gasteiger partial charge in [0, 0.05) is 38.8 Å². The highest BCUT2D eigenvalue weighted by Crippen LogP contribution is 2.25. The first kappa shape index (κ1) is 23.4. The first-order chi connectivity index (χ1) is 15.8. The van der Waals surface area contributed by atoms with Crippen molar-refractivity contribution in [2.24, 2.45) is 0 Å². The average molecular weight is 474 g/mol. The summed E-state index contributed by atoms with van der Waals surface area (Å²) in [5.74, 6) is -1.48. The van der Waals surface area contributed by atoms with Crippen molar-refractivity contribution < 1.29 is 22.4 Å². The monoisotopic (exact) mass is 473 g/mol. The van der Waals surface area contributed by atoms with E-state index < -0.39 is 21.8 Å². The molecule has 2 fully saturated rings. The van der Waals surface area contributed by atoms with E-state index in [0.717, 1.165) is 17.5 Å². The third-order valence-corrected chi connectivity index (χ3v) is 8.38. The van der Waals surface area contributed by atoms with Crippen LogP contribution in [0.3, 0.4) is 0 Å². The fraction of sp³-hybridized carbons (Fsp3) is 0.417. The van der Waals surface area contributed by atoms with Gasteiger partial charge in [-0.2, -0.15) is 4.31 Å². The van der Waals surface area contributed by atoms with E-state index in [1.165, 1.54) is 21.3 Å². The summed E-state index contributed by atoms with van der Waals surface area (Å²) in [5, 5.41) is 0. The van der Waals surface area contributed by atoms with Gasteiger partial charge in [0.05, 0.1) is 4.90 Å². The van der Waals surface area contributed by atoms with Crippen molar-refractivity contribution in [2.75, 3.05) is 26.2 Å². The molecule has 2 aliphatic rings. The van der Waals surface area contributed by atoms with Gasteiger partial charge in [0.15, 0.2) is 0 Å². The second-order valence-corrected chi connectivity index (χ2v) is 10.4. The topological polar surface area (TPSA) is 78.0 Å². The number of piperidine rings is 1. The zero-order valence-corrected chi connectivity index (χ0v) is 19.4. The SMILES string of the molecule is CCc1ccc(S(=O)(=O)N2CCC(N3CCN(Cc4ccc(F)cc4)C(=O)C3=O)CC2)cc1. The molecule has 2 aliphatic heterocycles. The summed E-state index contributed by atoms with van der Waals surface area (Å²) in [4.78, 5) is 28.8. The summed E-state index contributed by atoms with van der Waals surface area (Å²) in [6.07, 6.45) is 1.82. The second-order valence-electron chi connectivity index (χ2n) is 8.48. The van der Waals surface area contributed by atoms with Crippen LogP contribution in [0.25, 0.3) is 0 Å². The lowest BCUT2D eigenvalue weighted by atomic mass is 10.0. The van der Waals surface area contributed by atoms with E-state index in [2.05, 4.69) is 0 Å². The van der Waals surface area contributed by atoms with Crippen molar-refractivity contribution in [2.45, 2.75) is 43.7 Å². The summed E-state index contributed by atoms with van der Waals surface area (Å²) in [6.45, 7) is 3.68. The number of aryl methyl sites for hydroxylation is 1. The minimum Gasteiger partial charge on any atom is -0.330 e. The molecule has 0 saturated carbocycles. The molecule has 33 heavy (non-hydrogen) atoms. The van der Waals surface area contributed by atoms with Crippen LogP contribution in [0, 0.1) is 5.82 Å². The number of halogens is 1. The third kappa shape index (κ3) is 4.94. The van der Waals surface area contributed by atoms with Crippen LogP contribution in [0.4, 0.5) is 4.39 Å². The highest BCUT2D eigenvalue weighted by Gasteiger charge is 2.39. The molecule has 0 aromatic heterocycles. The Morgan fingerprint density at radius 2 is 1.45 bits per heavy atom. The Morgan fingerprint density at radius 3 is 2.06 bits per heavy atom. The van der Waals surface area contributed by atoms with Crippen molar-refractivity contribution in [1.82, 2.24) is 14.1 Å². The van der Waals surface area contributed by atoms with Gasteiger partial charge in [0.2, 0.25) is 10.0 Å². The quantitative estimate of drug-likeness (QED) is 0.604. The molecule has 4 rings (SSSR count). The van der Waals surface area contributed by atoms with Gasteiger partial charge in [-0.25, -0.2) is 12.8 Å². The number of carbonyl (C=O) groups excluding carboxylic acids is 2. The lowest BCUT2D eigenvalue weighted by Crippen LogP contribution is -2.58. The van der Waals surface area contributed by atoms with Crippen LogP contribution in [0.1, 0.15) is 30.9 Å². The van der Waals surface area contributed by atoms with Gasteiger partial charge >= 0.3 is 11.8 Å². The molecule has 0 N–H and O–H groups in total. The molecule has 0 radical (unpaired) electrons. The van der Waals surface area contributed by atoms with Gasteiger partial charge in [0.1, 0.15) is 5.82 Å². The number of amides is 2. The van der Waals surface area contributed by atoms with Crippen molar-refractivity contribution >= 4 is 21.8 Å². The average Bonchev–Trinajstić information content (AvgIpc) is 2.83. The van der Waals surface area contributed by atoms with Crippen molar-refractivity contribution in [3.63, 3.8) is 0 Å². The van der Waals surface area contributed by atoms with Gasteiger partial charge in [-0.1, -0.05) is 31.2 Å². The maximum absolute atomic E-state index is 13.1. The van der Waals surface area contributed by atoms with Gasteiger partial charge in [0.25, 0.3) is 0 Å². The lowest BCUT2D eigenvalue weighted by Gasteiger charge is -2.41. The molecule has 2 heterocycles. The van der Waals surface area contributed by atoms with Gasteiger partial charge in [-0.05, 0) is 54.7 Å². The smallest absolute Gasteiger partial charge is 0.312 e. The molecule has 176 valence electrons. The van der Waals surface area contributed by atoms with Crippen LogP contribution >= 0.6 is 0 Å². The summed E-state index contributed by atoms with van der Waals surface area (Å²) >= 11 is 0. The summed E-state index contributed by atoms with van der Waals surface area (Å²) in [7, 11) is -3.58. The Morgan fingerprint density at radius 1 is 0.848 bits per heavy atom. The van der Waals surface area contributed by atoms with Crippen molar-refractivity contribution in [3.05, 3.63) is 65.5 Å². The number of rotatable bonds is 6. The van der Waals surface area contributed by atoms with E-state index in [9.17, 15) is 22.4 Å². The zero-order valence-electron chi connectivity index (χ0n) is 18.6. The van der Waals surface area contributed by atoms with E-state index >= 15 is 0 Å². The lowest BCUT2D eigenvalue weighted by molar-refractivity contribution is -0.158. The predicted molar refractivity (Wildman–Crippen MR) is 121 cm³/mol. The first-order valence-corrected chi connectivity index (χ1v) is 12.7. The normalized spacial score (nSPS) is 18.7. The summed E-state index contributed by atoms with van der Waals surface area (Å²) in [5.41, 5.74) is 1.84. The Kier molecular flexibility index (Phi) is 6.81. The van der Waals surface area contributed by atoms with Gasteiger partial charge < -0.3 is 9.80 Å². The molecule has 2 saturated heterocycles. The maximum Gasteiger partial charge on any atom is 0.312 e. The van der Waals surface area contributed by atoms with Crippen LogP contribution < -0.4 is 0 Å². The van der Waals surface area contributed by atoms with Crippen LogP contribution in [0.5, 0.6) is 0 Å². The number of benzene rings is 2. The number of hydrogen-bond acceptors (Lipinski definition) is 4. The summed E-state index contributed by atoms with van der Waals surface area (Å²) in [6, 6.07) is 12.6. The molecule has 0 bridgehead atoms. The van der Waals surface area contributed by atoms with E-state index in [-0.39, 0.29) is 23.3 Å². The fourth-order valence-corrected chi connectivity index (χ4v) is 5.91. The van der Waals surface area contributed by atoms with Gasteiger partial charge in [-0.3, -0.25) is 9.59 Å². The highest BCUT2D eigenvalue weighted by atomic mass is 32.2. The number of piperazine rings is 1. The molecular weight excluding hydrogens is 445 g/mol. The highest BCUT2D eigenvalue weighted by molar-refractivity contribution is 7.89. The van der Waals surface area contributed by atoms with Gasteiger partial charge in [-0.15, -0.1) is 0 Å². The summed E-state index contributed by atoms with van der Waals surface area (Å²) < 4.78 is 40.5.